The van der Waals surface area contributed by atoms with Crippen molar-refractivity contribution in [2.75, 3.05) is 12.4 Å². The van der Waals surface area contributed by atoms with E-state index in [1.54, 1.807) is 13.3 Å². The number of nitrogens with one attached hydrogen (secondary N) is 2. The van der Waals surface area contributed by atoms with Gasteiger partial charge in [-0.3, -0.25) is 5.43 Å². The molecule has 3 aromatic rings. The highest BCUT2D eigenvalue weighted by Gasteiger charge is 2.01. The van der Waals surface area contributed by atoms with Gasteiger partial charge in [-0.1, -0.05) is 29.8 Å². The Hall–Kier alpha value is -3.12. The number of aryl methyl sites for hydroxylation is 1. The van der Waals surface area contributed by atoms with Gasteiger partial charge >= 0.3 is 0 Å². The Kier molecular flexibility index (Phi) is 6.22. The van der Waals surface area contributed by atoms with Crippen molar-refractivity contribution in [1.29, 1.82) is 0 Å². The average molecular weight is 379 g/mol. The molecule has 2 N–H and O–H groups in total. The Morgan fingerprint density at radius 2 is 1.85 bits per heavy atom. The van der Waals surface area contributed by atoms with E-state index >= 15 is 0 Å². The number of aromatic nitrogens is 1. The zero-order valence-electron chi connectivity index (χ0n) is 15.3. The fourth-order valence-electron chi connectivity index (χ4n) is 2.57. The summed E-state index contributed by atoms with van der Waals surface area (Å²) in [6.07, 6.45) is 3.80. The van der Waals surface area contributed by atoms with E-state index in [0.29, 0.717) is 5.11 Å². The fraction of sp³-hybridized carbons (Fsp3) is 0.143. The third kappa shape index (κ3) is 5.43. The van der Waals surface area contributed by atoms with Crippen LogP contribution in [0.5, 0.6) is 5.75 Å². The molecule has 1 aromatic heterocycles. The predicted octanol–water partition coefficient (Wildman–Crippen LogP) is 4.17. The largest absolute Gasteiger partial charge is 0.497 e. The molecule has 6 heteroatoms. The van der Waals surface area contributed by atoms with Gasteiger partial charge in [0.05, 0.1) is 19.0 Å². The molecule has 27 heavy (non-hydrogen) atoms. The number of hydrogen-bond acceptors (Lipinski definition) is 3. The molecular formula is C21H22N4OS. The maximum atomic E-state index is 5.27. The van der Waals surface area contributed by atoms with Crippen LogP contribution in [-0.2, 0) is 6.54 Å². The van der Waals surface area contributed by atoms with E-state index in [1.807, 2.05) is 42.6 Å². The summed E-state index contributed by atoms with van der Waals surface area (Å²) >= 11 is 5.27. The minimum Gasteiger partial charge on any atom is -0.497 e. The minimum atomic E-state index is 0.424. The Bertz CT molecular complexity index is 914. The molecule has 5 nitrogen and oxygen atoms in total. The smallest absolute Gasteiger partial charge is 0.191 e. The van der Waals surface area contributed by atoms with Crippen LogP contribution in [0.2, 0.25) is 0 Å². The monoisotopic (exact) mass is 378 g/mol. The second-order valence-corrected chi connectivity index (χ2v) is 6.51. The predicted molar refractivity (Wildman–Crippen MR) is 115 cm³/mol. The van der Waals surface area contributed by atoms with Crippen LogP contribution in [0.4, 0.5) is 5.69 Å². The van der Waals surface area contributed by atoms with Crippen molar-refractivity contribution in [1.82, 2.24) is 9.99 Å². The number of ether oxygens (including phenoxy) is 1. The lowest BCUT2D eigenvalue weighted by molar-refractivity contribution is 0.415. The Morgan fingerprint density at radius 3 is 2.56 bits per heavy atom. The van der Waals surface area contributed by atoms with E-state index in [9.17, 15) is 0 Å². The quantitative estimate of drug-likeness (QED) is 0.384. The van der Waals surface area contributed by atoms with Gasteiger partial charge in [0.2, 0.25) is 0 Å². The van der Waals surface area contributed by atoms with E-state index < -0.39 is 0 Å². The second-order valence-electron chi connectivity index (χ2n) is 6.10. The zero-order valence-corrected chi connectivity index (χ0v) is 16.2. The number of nitrogens with zero attached hydrogens (tertiary/aromatic N) is 2. The molecule has 1 heterocycles. The standard InChI is InChI=1S/C21H22N4OS/c1-16-5-7-17(8-6-16)15-25-13-3-4-19(25)14-22-24-21(27)23-18-9-11-20(26-2)12-10-18/h3-14H,15H2,1-2H3,(H2,23,24,27). The van der Waals surface area contributed by atoms with Crippen molar-refractivity contribution in [2.24, 2.45) is 5.10 Å². The maximum Gasteiger partial charge on any atom is 0.191 e. The topological polar surface area (TPSA) is 50.6 Å². The van der Waals surface area contributed by atoms with Crippen LogP contribution < -0.4 is 15.5 Å². The van der Waals surface area contributed by atoms with Crippen molar-refractivity contribution in [3.63, 3.8) is 0 Å². The first-order chi connectivity index (χ1) is 13.1. The van der Waals surface area contributed by atoms with E-state index in [1.165, 1.54) is 11.1 Å². The van der Waals surface area contributed by atoms with Crippen molar-refractivity contribution in [3.05, 3.63) is 83.7 Å². The van der Waals surface area contributed by atoms with Gasteiger partial charge in [-0.2, -0.15) is 5.10 Å². The van der Waals surface area contributed by atoms with Crippen LogP contribution in [0.3, 0.4) is 0 Å². The first-order valence-electron chi connectivity index (χ1n) is 8.59. The minimum absolute atomic E-state index is 0.424. The van der Waals surface area contributed by atoms with Gasteiger partial charge in [0.25, 0.3) is 0 Å². The number of benzene rings is 2. The molecule has 0 aliphatic heterocycles. The van der Waals surface area contributed by atoms with Gasteiger partial charge < -0.3 is 14.6 Å². The van der Waals surface area contributed by atoms with Gasteiger partial charge in [0.1, 0.15) is 5.75 Å². The lowest BCUT2D eigenvalue weighted by atomic mass is 10.1. The molecule has 3 rings (SSSR count). The third-order valence-electron chi connectivity index (χ3n) is 4.05. The lowest BCUT2D eigenvalue weighted by Gasteiger charge is -2.08. The zero-order chi connectivity index (χ0) is 19.1. The molecule has 2 aromatic carbocycles. The van der Waals surface area contributed by atoms with Gasteiger partial charge in [0, 0.05) is 18.4 Å². The molecule has 0 aliphatic rings. The molecule has 0 unspecified atom stereocenters. The molecule has 0 bridgehead atoms. The van der Waals surface area contributed by atoms with Crippen molar-refractivity contribution in [3.8, 4) is 5.75 Å². The highest BCUT2D eigenvalue weighted by Crippen LogP contribution is 2.14. The molecule has 0 saturated carbocycles. The molecule has 0 amide bonds. The molecule has 0 atom stereocenters. The normalized spacial score (nSPS) is 10.7. The molecule has 0 aliphatic carbocycles. The summed E-state index contributed by atoms with van der Waals surface area (Å²) in [4.78, 5) is 0. The SMILES string of the molecule is COc1ccc(NC(=S)NN=Cc2cccn2Cc2ccc(C)cc2)cc1. The van der Waals surface area contributed by atoms with E-state index in [4.69, 9.17) is 17.0 Å². The summed E-state index contributed by atoms with van der Waals surface area (Å²) in [6, 6.07) is 20.1. The Labute approximate surface area is 164 Å². The van der Waals surface area contributed by atoms with Gasteiger partial charge in [-0.25, -0.2) is 0 Å². The number of hydrogen-bond donors (Lipinski definition) is 2. The number of methoxy groups -OCH3 is 1. The molecule has 0 radical (unpaired) electrons. The Morgan fingerprint density at radius 1 is 1.11 bits per heavy atom. The summed E-state index contributed by atoms with van der Waals surface area (Å²) in [6.45, 7) is 2.88. The maximum absolute atomic E-state index is 5.27. The van der Waals surface area contributed by atoms with Crippen LogP contribution >= 0.6 is 12.2 Å². The molecule has 0 fully saturated rings. The highest BCUT2D eigenvalue weighted by atomic mass is 32.1. The summed E-state index contributed by atoms with van der Waals surface area (Å²) in [5, 5.41) is 7.74. The molecule has 138 valence electrons. The van der Waals surface area contributed by atoms with E-state index in [0.717, 1.165) is 23.7 Å². The lowest BCUT2D eigenvalue weighted by Crippen LogP contribution is -2.24. The first kappa shape index (κ1) is 18.7. The molecule has 0 saturated heterocycles. The van der Waals surface area contributed by atoms with Crippen molar-refractivity contribution in [2.45, 2.75) is 13.5 Å². The van der Waals surface area contributed by atoms with Crippen molar-refractivity contribution >= 4 is 29.2 Å². The van der Waals surface area contributed by atoms with Crippen LogP contribution in [0.1, 0.15) is 16.8 Å². The highest BCUT2D eigenvalue weighted by molar-refractivity contribution is 7.80. The third-order valence-corrected chi connectivity index (χ3v) is 4.24. The van der Waals surface area contributed by atoms with Crippen LogP contribution in [0.15, 0.2) is 72.0 Å². The van der Waals surface area contributed by atoms with Gasteiger partial charge in [-0.15, -0.1) is 0 Å². The number of hydrazone groups is 1. The summed E-state index contributed by atoms with van der Waals surface area (Å²) < 4.78 is 7.27. The van der Waals surface area contributed by atoms with Crippen molar-refractivity contribution < 1.29 is 4.74 Å². The number of rotatable bonds is 6. The first-order valence-corrected chi connectivity index (χ1v) is 8.99. The second kappa shape index (κ2) is 9.00. The number of anilines is 1. The average Bonchev–Trinajstić information content (AvgIpc) is 3.11. The summed E-state index contributed by atoms with van der Waals surface area (Å²) in [5.41, 5.74) is 7.21. The van der Waals surface area contributed by atoms with Crippen LogP contribution in [0.25, 0.3) is 0 Å². The Balaban J connectivity index is 1.55. The van der Waals surface area contributed by atoms with Gasteiger partial charge in [0.15, 0.2) is 5.11 Å². The number of thiocarbonyl (C=S) groups is 1. The van der Waals surface area contributed by atoms with E-state index in [2.05, 4.69) is 51.6 Å². The van der Waals surface area contributed by atoms with Crippen LogP contribution in [0, 0.1) is 6.92 Å². The summed E-state index contributed by atoms with van der Waals surface area (Å²) in [5.74, 6) is 0.798. The summed E-state index contributed by atoms with van der Waals surface area (Å²) in [7, 11) is 1.64. The fourth-order valence-corrected chi connectivity index (χ4v) is 2.74. The molecular weight excluding hydrogens is 356 g/mol. The van der Waals surface area contributed by atoms with Crippen LogP contribution in [-0.4, -0.2) is 23.0 Å². The van der Waals surface area contributed by atoms with Gasteiger partial charge in [-0.05, 0) is 61.1 Å². The molecule has 0 spiro atoms. The van der Waals surface area contributed by atoms with E-state index in [-0.39, 0.29) is 0 Å².